The Labute approximate surface area is 221 Å². The van der Waals surface area contributed by atoms with E-state index in [1.54, 1.807) is 6.07 Å². The Morgan fingerprint density at radius 3 is 1.81 bits per heavy atom. The molecule has 0 amide bonds. The van der Waals surface area contributed by atoms with Crippen LogP contribution >= 0.6 is 11.6 Å². The van der Waals surface area contributed by atoms with E-state index in [0.29, 0.717) is 5.56 Å². The first-order chi connectivity index (χ1) is 17.5. The molecule has 0 unspecified atom stereocenters. The molecule has 0 atom stereocenters. The minimum absolute atomic E-state index is 0.0384. The maximum absolute atomic E-state index is 11.6. The second-order valence-electron chi connectivity index (χ2n) is 10.1. The maximum atomic E-state index is 11.6. The fourth-order valence-electron chi connectivity index (χ4n) is 4.37. The monoisotopic (exact) mass is 513 g/mol. The summed E-state index contributed by atoms with van der Waals surface area (Å²) in [5, 5.41) is 31.9. The zero-order chi connectivity index (χ0) is 26.8. The van der Waals surface area contributed by atoms with Gasteiger partial charge >= 0.3 is 0 Å². The average molecular weight is 514 g/mol. The Morgan fingerprint density at radius 2 is 1.30 bits per heavy atom. The number of rotatable bonds is 6. The second-order valence-corrected chi connectivity index (χ2v) is 10.5. The summed E-state index contributed by atoms with van der Waals surface area (Å²) in [4.78, 5) is 11.0. The molecule has 0 aliphatic heterocycles. The van der Waals surface area contributed by atoms with Crippen molar-refractivity contribution in [3.8, 4) is 5.75 Å². The fourth-order valence-corrected chi connectivity index (χ4v) is 4.53. The lowest BCUT2D eigenvalue weighted by Gasteiger charge is -2.34. The van der Waals surface area contributed by atoms with Gasteiger partial charge in [0.05, 0.1) is 4.92 Å². The molecule has 4 aromatic carbocycles. The van der Waals surface area contributed by atoms with E-state index in [0.717, 1.165) is 16.7 Å². The molecule has 1 N–H and O–H groups in total. The third kappa shape index (κ3) is 5.25. The van der Waals surface area contributed by atoms with E-state index in [2.05, 4.69) is 37.9 Å². The molecular weight excluding hydrogens is 486 g/mol. The van der Waals surface area contributed by atoms with Gasteiger partial charge in [-0.3, -0.25) is 10.1 Å². The number of azo groups is 1. The number of nitro groups is 1. The molecule has 0 aliphatic rings. The van der Waals surface area contributed by atoms with Gasteiger partial charge in [0.1, 0.15) is 11.4 Å². The number of aromatic hydroxyl groups is 1. The highest BCUT2D eigenvalue weighted by atomic mass is 35.5. The van der Waals surface area contributed by atoms with Gasteiger partial charge in [0.15, 0.2) is 5.69 Å². The van der Waals surface area contributed by atoms with Crippen molar-refractivity contribution in [2.24, 2.45) is 10.2 Å². The zero-order valence-corrected chi connectivity index (χ0v) is 21.9. The summed E-state index contributed by atoms with van der Waals surface area (Å²) in [5.41, 5.74) is 2.63. The van der Waals surface area contributed by atoms with Gasteiger partial charge in [0.2, 0.25) is 0 Å². The van der Waals surface area contributed by atoms with Gasteiger partial charge in [0, 0.05) is 22.1 Å². The summed E-state index contributed by atoms with van der Waals surface area (Å²) >= 11 is 5.94. The number of phenolic OH excluding ortho intramolecular Hbond substituents is 1. The third-order valence-electron chi connectivity index (χ3n) is 6.60. The molecular formula is C30H28ClN3O3. The lowest BCUT2D eigenvalue weighted by atomic mass is 9.69. The summed E-state index contributed by atoms with van der Waals surface area (Å²) in [6.45, 7) is 8.31. The molecule has 0 heterocycles. The SMILES string of the molecule is CC(C)(C)c1cc(N=Nc2ccc(Cl)cc2[N+](=O)[O-])c(O)c(C(C)(c2ccccc2)c2ccccc2)c1. The van der Waals surface area contributed by atoms with Crippen LogP contribution in [0, 0.1) is 10.1 Å². The summed E-state index contributed by atoms with van der Waals surface area (Å²) in [6.07, 6.45) is 0. The number of nitrogens with zero attached hydrogens (tertiary/aromatic N) is 3. The lowest BCUT2D eigenvalue weighted by Crippen LogP contribution is -2.26. The van der Waals surface area contributed by atoms with E-state index in [9.17, 15) is 15.2 Å². The van der Waals surface area contributed by atoms with Crippen LogP contribution in [0.5, 0.6) is 5.75 Å². The molecule has 0 aliphatic carbocycles. The number of benzene rings is 4. The highest BCUT2D eigenvalue weighted by Gasteiger charge is 2.35. The molecule has 0 bridgehead atoms. The molecule has 188 valence electrons. The van der Waals surface area contributed by atoms with Crippen LogP contribution < -0.4 is 0 Å². The molecule has 4 aromatic rings. The largest absolute Gasteiger partial charge is 0.505 e. The fraction of sp³-hybridized carbons (Fsp3) is 0.200. The molecule has 0 aromatic heterocycles. The molecule has 6 nitrogen and oxygen atoms in total. The third-order valence-corrected chi connectivity index (χ3v) is 6.83. The highest BCUT2D eigenvalue weighted by Crippen LogP contribution is 2.48. The zero-order valence-electron chi connectivity index (χ0n) is 21.1. The van der Waals surface area contributed by atoms with E-state index in [-0.39, 0.29) is 33.2 Å². The van der Waals surface area contributed by atoms with Crippen molar-refractivity contribution in [3.05, 3.63) is 128 Å². The van der Waals surface area contributed by atoms with Gasteiger partial charge < -0.3 is 5.11 Å². The number of phenols is 1. The molecule has 7 heteroatoms. The smallest absolute Gasteiger partial charge is 0.298 e. The molecule has 0 radical (unpaired) electrons. The topological polar surface area (TPSA) is 88.1 Å². The molecule has 4 rings (SSSR count). The van der Waals surface area contributed by atoms with Crippen LogP contribution in [-0.2, 0) is 10.8 Å². The number of hydrogen-bond acceptors (Lipinski definition) is 5. The normalized spacial score (nSPS) is 12.1. The van der Waals surface area contributed by atoms with Crippen LogP contribution in [0.3, 0.4) is 0 Å². The average Bonchev–Trinajstić information content (AvgIpc) is 2.88. The molecule has 0 spiro atoms. The first-order valence-corrected chi connectivity index (χ1v) is 12.2. The van der Waals surface area contributed by atoms with Crippen LogP contribution in [0.25, 0.3) is 0 Å². The van der Waals surface area contributed by atoms with Crippen LogP contribution in [0.2, 0.25) is 5.02 Å². The first-order valence-electron chi connectivity index (χ1n) is 11.9. The van der Waals surface area contributed by atoms with Crippen molar-refractivity contribution in [2.45, 2.75) is 38.5 Å². The van der Waals surface area contributed by atoms with Crippen LogP contribution in [0.1, 0.15) is 49.9 Å². The Kier molecular flexibility index (Phi) is 7.14. The number of halogens is 1. The molecule has 37 heavy (non-hydrogen) atoms. The Balaban J connectivity index is 1.98. The summed E-state index contributed by atoms with van der Waals surface area (Å²) in [7, 11) is 0. The first kappa shape index (κ1) is 26.0. The molecule has 0 saturated carbocycles. The highest BCUT2D eigenvalue weighted by molar-refractivity contribution is 6.30. The van der Waals surface area contributed by atoms with Crippen molar-refractivity contribution in [1.29, 1.82) is 0 Å². The molecule has 0 fully saturated rings. The predicted octanol–water partition coefficient (Wildman–Crippen LogP) is 9.02. The molecule has 0 saturated heterocycles. The van der Waals surface area contributed by atoms with Crippen LogP contribution in [-0.4, -0.2) is 10.0 Å². The van der Waals surface area contributed by atoms with Crippen LogP contribution in [0.15, 0.2) is 101 Å². The van der Waals surface area contributed by atoms with Crippen molar-refractivity contribution < 1.29 is 10.0 Å². The van der Waals surface area contributed by atoms with Crippen molar-refractivity contribution in [3.63, 3.8) is 0 Å². The second kappa shape index (κ2) is 10.1. The van der Waals surface area contributed by atoms with Crippen molar-refractivity contribution >= 4 is 28.7 Å². The van der Waals surface area contributed by atoms with Gasteiger partial charge in [-0.15, -0.1) is 10.2 Å². The maximum Gasteiger partial charge on any atom is 0.298 e. The van der Waals surface area contributed by atoms with Crippen LogP contribution in [0.4, 0.5) is 17.1 Å². The quantitative estimate of drug-likeness (QED) is 0.121. The van der Waals surface area contributed by atoms with E-state index < -0.39 is 10.3 Å². The van der Waals surface area contributed by atoms with Crippen molar-refractivity contribution in [2.75, 3.05) is 0 Å². The number of nitro benzene ring substituents is 1. The minimum Gasteiger partial charge on any atom is -0.505 e. The number of hydrogen-bond donors (Lipinski definition) is 1. The summed E-state index contributed by atoms with van der Waals surface area (Å²) < 4.78 is 0. The van der Waals surface area contributed by atoms with Gasteiger partial charge in [-0.25, -0.2) is 0 Å². The van der Waals surface area contributed by atoms with Gasteiger partial charge in [-0.2, -0.15) is 0 Å². The van der Waals surface area contributed by atoms with Gasteiger partial charge in [0.25, 0.3) is 5.69 Å². The Morgan fingerprint density at radius 1 is 0.757 bits per heavy atom. The predicted molar refractivity (Wildman–Crippen MR) is 148 cm³/mol. The Hall–Kier alpha value is -4.03. The summed E-state index contributed by atoms with van der Waals surface area (Å²) in [6, 6.07) is 27.9. The van der Waals surface area contributed by atoms with E-state index in [1.165, 1.54) is 18.2 Å². The van der Waals surface area contributed by atoms with E-state index in [4.69, 9.17) is 11.6 Å². The van der Waals surface area contributed by atoms with Gasteiger partial charge in [-0.05, 0) is 47.2 Å². The summed E-state index contributed by atoms with van der Waals surface area (Å²) in [5.74, 6) is -0.0384. The minimum atomic E-state index is -0.718. The van der Waals surface area contributed by atoms with E-state index in [1.807, 2.05) is 66.7 Å². The lowest BCUT2D eigenvalue weighted by molar-refractivity contribution is -0.384. The van der Waals surface area contributed by atoms with E-state index >= 15 is 0 Å². The van der Waals surface area contributed by atoms with Gasteiger partial charge in [-0.1, -0.05) is 99.1 Å². The Bertz CT molecular complexity index is 1420. The van der Waals surface area contributed by atoms with Crippen molar-refractivity contribution in [1.82, 2.24) is 0 Å². The standard InChI is InChI=1S/C30H28ClN3O3/c1-29(2,3)22-17-24(30(4,20-11-7-5-8-12-20)21-13-9-6-10-14-21)28(35)26(18-22)33-32-25-16-15-23(31)19-27(25)34(36)37/h5-19,35H,1-4H3.